The molecule has 2 aliphatic rings. The van der Waals surface area contributed by atoms with Crippen LogP contribution in [0.2, 0.25) is 26.8 Å². The van der Waals surface area contributed by atoms with E-state index in [-0.39, 0.29) is 24.8 Å². The molecular formula is C15H30Cl2Te2. The van der Waals surface area contributed by atoms with E-state index in [2.05, 4.69) is 0 Å². The third-order valence-electron chi connectivity index (χ3n) is 4.10. The third-order valence-corrected chi connectivity index (χ3v) is 18.9. The van der Waals surface area contributed by atoms with Crippen LogP contribution < -0.4 is 24.8 Å². The molecular weight excluding hydrogens is 506 g/mol. The van der Waals surface area contributed by atoms with Crippen molar-refractivity contribution >= 4 is 39.1 Å². The molecule has 0 aromatic rings. The molecule has 2 aliphatic heterocycles. The first-order valence-electron chi connectivity index (χ1n) is 7.73. The minimum Gasteiger partial charge on any atom is -1.00 e. The molecule has 4 heteroatoms. The molecule has 0 spiro atoms. The van der Waals surface area contributed by atoms with E-state index in [1.165, 1.54) is 0 Å². The maximum atomic E-state index is 1.74. The van der Waals surface area contributed by atoms with E-state index in [1.54, 1.807) is 84.6 Å². The predicted molar refractivity (Wildman–Crippen MR) is 81.9 cm³/mol. The molecule has 2 rings (SSSR count). The summed E-state index contributed by atoms with van der Waals surface area (Å²) < 4.78 is 10.4. The summed E-state index contributed by atoms with van der Waals surface area (Å²) in [4.78, 5) is 0. The van der Waals surface area contributed by atoms with Gasteiger partial charge in [-0.1, -0.05) is 0 Å². The van der Waals surface area contributed by atoms with Crippen LogP contribution in [0.3, 0.4) is 0 Å². The summed E-state index contributed by atoms with van der Waals surface area (Å²) in [5.74, 6) is 0. The second-order valence-electron chi connectivity index (χ2n) is 5.63. The van der Waals surface area contributed by atoms with Crippen LogP contribution in [-0.4, -0.2) is 39.1 Å². The molecule has 116 valence electrons. The molecule has 0 unspecified atom stereocenters. The number of hydrogen-bond donors (Lipinski definition) is 0. The van der Waals surface area contributed by atoms with Gasteiger partial charge in [0.25, 0.3) is 0 Å². The normalized spacial score (nSPS) is 21.5. The van der Waals surface area contributed by atoms with Crippen molar-refractivity contribution < 1.29 is 24.8 Å². The fraction of sp³-hybridized carbons (Fsp3) is 1.00. The minimum atomic E-state index is -0.483. The molecule has 2 fully saturated rings. The maximum Gasteiger partial charge on any atom is -1.00 e. The van der Waals surface area contributed by atoms with Gasteiger partial charge in [0.05, 0.1) is 0 Å². The van der Waals surface area contributed by atoms with E-state index in [1.807, 2.05) is 0 Å². The summed E-state index contributed by atoms with van der Waals surface area (Å²) in [6.07, 6.45) is 14.4. The van der Waals surface area contributed by atoms with Crippen LogP contribution in [-0.2, 0) is 0 Å². The molecule has 2 heterocycles. The van der Waals surface area contributed by atoms with Gasteiger partial charge in [-0.15, -0.1) is 0 Å². The Morgan fingerprint density at radius 3 is 1.21 bits per heavy atom. The minimum absolute atomic E-state index is 0. The largest absolute Gasteiger partial charge is 1.00 e. The van der Waals surface area contributed by atoms with Crippen molar-refractivity contribution in [3.8, 4) is 0 Å². The summed E-state index contributed by atoms with van der Waals surface area (Å²) >= 11 is -0.966. The average molecular weight is 537 g/mol. The van der Waals surface area contributed by atoms with Gasteiger partial charge in [0.2, 0.25) is 0 Å². The van der Waals surface area contributed by atoms with E-state index in [9.17, 15) is 0 Å². The maximum absolute atomic E-state index is 1.74. The van der Waals surface area contributed by atoms with Crippen molar-refractivity contribution in [2.45, 2.75) is 84.6 Å². The molecule has 0 aromatic heterocycles. The van der Waals surface area contributed by atoms with Gasteiger partial charge in [-0.05, 0) is 0 Å². The summed E-state index contributed by atoms with van der Waals surface area (Å²) in [5, 5.41) is 0. The van der Waals surface area contributed by atoms with E-state index >= 15 is 0 Å². The van der Waals surface area contributed by atoms with Gasteiger partial charge in [-0.3, -0.25) is 0 Å². The first-order valence-corrected chi connectivity index (χ1v) is 17.6. The van der Waals surface area contributed by atoms with E-state index < -0.39 is 39.1 Å². The molecule has 0 atom stereocenters. The van der Waals surface area contributed by atoms with Gasteiger partial charge in [-0.2, -0.15) is 0 Å². The smallest absolute Gasteiger partial charge is 1.00 e. The van der Waals surface area contributed by atoms with Gasteiger partial charge in [0.15, 0.2) is 0 Å². The number of hydrogen-bond acceptors (Lipinski definition) is 0. The second kappa shape index (κ2) is 13.8. The fourth-order valence-corrected chi connectivity index (χ4v) is 17.0. The Balaban J connectivity index is 0.00000162. The molecule has 0 aromatic carbocycles. The standard InChI is InChI=1S/C15H30Te2.2ClH/c1-4-10-16(11-5-1)14-8-3-9-15-17-12-6-2-7-13-17;;/h1-15H2;2*1H/q+2;;/p-2. The fourth-order valence-electron chi connectivity index (χ4n) is 2.98. The van der Waals surface area contributed by atoms with Gasteiger partial charge in [-0.25, -0.2) is 0 Å². The quantitative estimate of drug-likeness (QED) is 0.318. The second-order valence-corrected chi connectivity index (χ2v) is 19.6. The van der Waals surface area contributed by atoms with Crippen molar-refractivity contribution in [3.63, 3.8) is 0 Å². The number of halogens is 2. The molecule has 0 bridgehead atoms. The summed E-state index contributed by atoms with van der Waals surface area (Å²) in [6.45, 7) is 0. The Labute approximate surface area is 147 Å². The number of rotatable bonds is 6. The Kier molecular flexibility index (Phi) is 15.4. The zero-order chi connectivity index (χ0) is 11.8. The molecule has 0 nitrogen and oxygen atoms in total. The van der Waals surface area contributed by atoms with Gasteiger partial charge >= 0.3 is 124 Å². The molecule has 0 N–H and O–H groups in total. The average Bonchev–Trinajstić information content (AvgIpc) is 2.41. The predicted octanol–water partition coefficient (Wildman–Crippen LogP) is -0.478. The summed E-state index contributed by atoms with van der Waals surface area (Å²) in [6, 6.07) is 0. The van der Waals surface area contributed by atoms with Gasteiger partial charge < -0.3 is 24.8 Å². The van der Waals surface area contributed by atoms with Crippen LogP contribution >= 0.6 is 0 Å². The van der Waals surface area contributed by atoms with Gasteiger partial charge in [0.1, 0.15) is 0 Å². The molecule has 0 radical (unpaired) electrons. The molecule has 0 amide bonds. The van der Waals surface area contributed by atoms with Crippen LogP contribution in [0.4, 0.5) is 0 Å². The Bertz CT molecular complexity index is 171. The first-order chi connectivity index (χ1) is 8.45. The zero-order valence-corrected chi connectivity index (χ0v) is 18.4. The van der Waals surface area contributed by atoms with Crippen LogP contribution in [0.25, 0.3) is 0 Å². The number of unbranched alkanes of at least 4 members (excludes halogenated alkanes) is 2. The molecule has 2 saturated heterocycles. The van der Waals surface area contributed by atoms with Crippen molar-refractivity contribution in [1.29, 1.82) is 0 Å². The van der Waals surface area contributed by atoms with Crippen molar-refractivity contribution in [2.24, 2.45) is 0 Å². The van der Waals surface area contributed by atoms with Crippen molar-refractivity contribution in [1.82, 2.24) is 0 Å². The van der Waals surface area contributed by atoms with E-state index in [0.29, 0.717) is 0 Å². The first kappa shape index (κ1) is 21.2. The summed E-state index contributed by atoms with van der Waals surface area (Å²) in [7, 11) is 0. The van der Waals surface area contributed by atoms with Gasteiger partial charge in [0, 0.05) is 0 Å². The topological polar surface area (TPSA) is 0 Å². The molecule has 0 saturated carbocycles. The van der Waals surface area contributed by atoms with Crippen molar-refractivity contribution in [3.05, 3.63) is 0 Å². The van der Waals surface area contributed by atoms with Crippen LogP contribution in [0.1, 0.15) is 57.8 Å². The van der Waals surface area contributed by atoms with Crippen LogP contribution in [0.5, 0.6) is 0 Å². The Morgan fingerprint density at radius 2 is 0.842 bits per heavy atom. The van der Waals surface area contributed by atoms with E-state index in [4.69, 9.17) is 0 Å². The molecule has 19 heavy (non-hydrogen) atoms. The SMILES string of the molecule is C1CC[Te+](CCCCC[Te+]2CCCCC2)CC1.[Cl-].[Cl-]. The van der Waals surface area contributed by atoms with Crippen molar-refractivity contribution in [2.75, 3.05) is 0 Å². The van der Waals surface area contributed by atoms with Crippen LogP contribution in [0.15, 0.2) is 0 Å². The monoisotopic (exact) mass is 540 g/mol. The Hall–Kier alpha value is 2.16. The molecule has 0 aliphatic carbocycles. The summed E-state index contributed by atoms with van der Waals surface area (Å²) in [5.41, 5.74) is 0. The zero-order valence-electron chi connectivity index (χ0n) is 12.2. The van der Waals surface area contributed by atoms with Crippen LogP contribution in [0, 0.1) is 0 Å². The van der Waals surface area contributed by atoms with E-state index in [0.717, 1.165) is 0 Å². The third kappa shape index (κ3) is 9.71. The Morgan fingerprint density at radius 1 is 0.474 bits per heavy atom.